The lowest BCUT2D eigenvalue weighted by Gasteiger charge is -2.09. The van der Waals surface area contributed by atoms with Crippen molar-refractivity contribution in [1.82, 2.24) is 4.98 Å². The van der Waals surface area contributed by atoms with Crippen LogP contribution in [0.25, 0.3) is 10.6 Å². The molecule has 0 atom stereocenters. The zero-order valence-electron chi connectivity index (χ0n) is 9.74. The van der Waals surface area contributed by atoms with Gasteiger partial charge in [-0.05, 0) is 12.1 Å². The summed E-state index contributed by atoms with van der Waals surface area (Å²) >= 11 is 0.896. The van der Waals surface area contributed by atoms with Gasteiger partial charge in [0.05, 0.1) is 17.7 Å². The molecule has 106 valence electrons. The minimum atomic E-state index is -4.79. The molecule has 1 heterocycles. The van der Waals surface area contributed by atoms with Gasteiger partial charge < -0.3 is 5.11 Å². The molecule has 0 radical (unpaired) electrons. The number of halogens is 4. The van der Waals surface area contributed by atoms with E-state index in [1.165, 1.54) is 11.4 Å². The fourth-order valence-electron chi connectivity index (χ4n) is 1.58. The number of carboxylic acids is 1. The van der Waals surface area contributed by atoms with E-state index >= 15 is 0 Å². The molecule has 0 aliphatic heterocycles. The Kier molecular flexibility index (Phi) is 3.76. The molecular formula is C12H7F4NO2S. The summed E-state index contributed by atoms with van der Waals surface area (Å²) in [4.78, 5) is 14.3. The maximum absolute atomic E-state index is 13.9. The summed E-state index contributed by atoms with van der Waals surface area (Å²) in [6.45, 7) is 0. The quantitative estimate of drug-likeness (QED) is 0.882. The van der Waals surface area contributed by atoms with Crippen molar-refractivity contribution in [3.63, 3.8) is 0 Å². The normalized spacial score (nSPS) is 11.6. The zero-order chi connectivity index (χ0) is 14.9. The monoisotopic (exact) mass is 305 g/mol. The second-order valence-corrected chi connectivity index (χ2v) is 4.74. The van der Waals surface area contributed by atoms with Crippen LogP contribution in [0.5, 0.6) is 0 Å². The summed E-state index contributed by atoms with van der Waals surface area (Å²) in [7, 11) is 0. The van der Waals surface area contributed by atoms with Crippen LogP contribution in [0.1, 0.15) is 11.3 Å². The van der Waals surface area contributed by atoms with E-state index in [-0.39, 0.29) is 22.7 Å². The van der Waals surface area contributed by atoms with Crippen molar-refractivity contribution in [3.8, 4) is 10.6 Å². The molecule has 0 amide bonds. The second-order valence-electron chi connectivity index (χ2n) is 3.88. The van der Waals surface area contributed by atoms with E-state index in [4.69, 9.17) is 5.11 Å². The Morgan fingerprint density at radius 1 is 1.35 bits per heavy atom. The van der Waals surface area contributed by atoms with Crippen molar-refractivity contribution in [1.29, 1.82) is 0 Å². The summed E-state index contributed by atoms with van der Waals surface area (Å²) in [6.07, 6.45) is -5.15. The van der Waals surface area contributed by atoms with Crippen molar-refractivity contribution in [2.75, 3.05) is 0 Å². The number of thiazole rings is 1. The van der Waals surface area contributed by atoms with Crippen molar-refractivity contribution >= 4 is 17.3 Å². The number of carbonyl (C=O) groups is 1. The van der Waals surface area contributed by atoms with Gasteiger partial charge in [0.25, 0.3) is 0 Å². The third-order valence-electron chi connectivity index (χ3n) is 2.42. The van der Waals surface area contributed by atoms with Gasteiger partial charge in [0, 0.05) is 10.9 Å². The Morgan fingerprint density at radius 2 is 2.05 bits per heavy atom. The standard InChI is InChI=1S/C12H7F4NO2S/c13-10-7(2-1-3-8(10)12(14,15)16)11-17-6(5-20-11)4-9(18)19/h1-3,5H,4H2,(H,18,19). The maximum atomic E-state index is 13.9. The number of benzene rings is 1. The number of hydrogen-bond acceptors (Lipinski definition) is 3. The first-order chi connectivity index (χ1) is 9.29. The topological polar surface area (TPSA) is 50.2 Å². The van der Waals surface area contributed by atoms with Gasteiger partial charge in [-0.3, -0.25) is 4.79 Å². The Morgan fingerprint density at radius 3 is 2.65 bits per heavy atom. The van der Waals surface area contributed by atoms with Crippen LogP contribution in [0.2, 0.25) is 0 Å². The molecule has 0 aliphatic rings. The van der Waals surface area contributed by atoms with Crippen LogP contribution in [0.15, 0.2) is 23.6 Å². The lowest BCUT2D eigenvalue weighted by Crippen LogP contribution is -2.08. The largest absolute Gasteiger partial charge is 0.481 e. The van der Waals surface area contributed by atoms with Gasteiger partial charge in [0.2, 0.25) is 0 Å². The molecule has 0 spiro atoms. The molecule has 20 heavy (non-hydrogen) atoms. The summed E-state index contributed by atoms with van der Waals surface area (Å²) in [6, 6.07) is 2.90. The molecule has 0 fully saturated rings. The predicted molar refractivity (Wildman–Crippen MR) is 63.8 cm³/mol. The number of rotatable bonds is 3. The SMILES string of the molecule is O=C(O)Cc1csc(-c2cccc(C(F)(F)F)c2F)n1. The number of aromatic nitrogens is 1. The fourth-order valence-corrected chi connectivity index (χ4v) is 2.42. The first-order valence-corrected chi connectivity index (χ1v) is 6.19. The van der Waals surface area contributed by atoms with Crippen LogP contribution < -0.4 is 0 Å². The third kappa shape index (κ3) is 2.96. The number of hydrogen-bond donors (Lipinski definition) is 1. The minimum Gasteiger partial charge on any atom is -0.481 e. The second kappa shape index (κ2) is 5.20. The molecule has 8 heteroatoms. The molecule has 0 unspecified atom stereocenters. The maximum Gasteiger partial charge on any atom is 0.419 e. The lowest BCUT2D eigenvalue weighted by atomic mass is 10.1. The average Bonchev–Trinajstić information content (AvgIpc) is 2.75. The van der Waals surface area contributed by atoms with Gasteiger partial charge in [-0.2, -0.15) is 13.2 Å². The van der Waals surface area contributed by atoms with E-state index in [2.05, 4.69) is 4.98 Å². The minimum absolute atomic E-state index is 0.0184. The molecule has 1 aromatic carbocycles. The van der Waals surface area contributed by atoms with Crippen molar-refractivity contribution in [2.45, 2.75) is 12.6 Å². The van der Waals surface area contributed by atoms with Gasteiger partial charge in [0.15, 0.2) is 0 Å². The van der Waals surface area contributed by atoms with Crippen LogP contribution >= 0.6 is 11.3 Å². The summed E-state index contributed by atoms with van der Waals surface area (Å²) in [5.74, 6) is -2.53. The van der Waals surface area contributed by atoms with Crippen LogP contribution in [0.4, 0.5) is 17.6 Å². The van der Waals surface area contributed by atoms with Crippen molar-refractivity contribution < 1.29 is 27.5 Å². The van der Waals surface area contributed by atoms with E-state index < -0.39 is 23.5 Å². The van der Waals surface area contributed by atoms with Crippen molar-refractivity contribution in [3.05, 3.63) is 40.7 Å². The molecule has 0 saturated heterocycles. The molecule has 1 aromatic heterocycles. The fraction of sp³-hybridized carbons (Fsp3) is 0.167. The number of aliphatic carboxylic acids is 1. The molecule has 2 rings (SSSR count). The summed E-state index contributed by atoms with van der Waals surface area (Å²) in [5, 5.41) is 9.99. The highest BCUT2D eigenvalue weighted by atomic mass is 32.1. The highest BCUT2D eigenvalue weighted by Crippen LogP contribution is 2.36. The van der Waals surface area contributed by atoms with Gasteiger partial charge in [-0.25, -0.2) is 9.37 Å². The highest BCUT2D eigenvalue weighted by Gasteiger charge is 2.35. The summed E-state index contributed by atoms with van der Waals surface area (Å²) < 4.78 is 51.6. The number of carboxylic acid groups (broad SMARTS) is 1. The Bertz CT molecular complexity index is 651. The Labute approximate surface area is 114 Å². The average molecular weight is 305 g/mol. The van der Waals surface area contributed by atoms with E-state index in [9.17, 15) is 22.4 Å². The van der Waals surface area contributed by atoms with Crippen LogP contribution in [0, 0.1) is 5.82 Å². The molecule has 2 aromatic rings. The van der Waals surface area contributed by atoms with Crippen molar-refractivity contribution in [2.24, 2.45) is 0 Å². The number of alkyl halides is 3. The van der Waals surface area contributed by atoms with Gasteiger partial charge in [0.1, 0.15) is 10.8 Å². The van der Waals surface area contributed by atoms with E-state index in [1.54, 1.807) is 0 Å². The third-order valence-corrected chi connectivity index (χ3v) is 3.34. The number of nitrogens with zero attached hydrogens (tertiary/aromatic N) is 1. The zero-order valence-corrected chi connectivity index (χ0v) is 10.6. The van der Waals surface area contributed by atoms with E-state index in [0.29, 0.717) is 6.07 Å². The smallest absolute Gasteiger partial charge is 0.419 e. The Hall–Kier alpha value is -1.96. The first kappa shape index (κ1) is 14.4. The van der Waals surface area contributed by atoms with E-state index in [1.807, 2.05) is 0 Å². The van der Waals surface area contributed by atoms with Crippen LogP contribution in [-0.2, 0) is 17.4 Å². The highest BCUT2D eigenvalue weighted by molar-refractivity contribution is 7.13. The van der Waals surface area contributed by atoms with Crippen LogP contribution in [-0.4, -0.2) is 16.1 Å². The van der Waals surface area contributed by atoms with E-state index in [0.717, 1.165) is 17.4 Å². The predicted octanol–water partition coefficient (Wildman–Crippen LogP) is 3.60. The van der Waals surface area contributed by atoms with Gasteiger partial charge in [-0.15, -0.1) is 11.3 Å². The summed E-state index contributed by atoms with van der Waals surface area (Å²) in [5.41, 5.74) is -1.49. The lowest BCUT2D eigenvalue weighted by molar-refractivity contribution is -0.140. The molecule has 0 aliphatic carbocycles. The molecule has 1 N–H and O–H groups in total. The Balaban J connectivity index is 2.43. The molecule has 0 saturated carbocycles. The van der Waals surface area contributed by atoms with Gasteiger partial charge >= 0.3 is 12.1 Å². The molecule has 3 nitrogen and oxygen atoms in total. The first-order valence-electron chi connectivity index (χ1n) is 5.31. The molecular weight excluding hydrogens is 298 g/mol. The molecule has 0 bridgehead atoms. The van der Waals surface area contributed by atoms with Gasteiger partial charge in [-0.1, -0.05) is 6.07 Å². The van der Waals surface area contributed by atoms with Crippen LogP contribution in [0.3, 0.4) is 0 Å².